The SMILES string of the molecule is O=C(O)c1ccc(Br)c(S(=O)(=O)Nc2ccc(I)cc2)c1. The van der Waals surface area contributed by atoms with Gasteiger partial charge in [-0.05, 0) is 81.0 Å². The summed E-state index contributed by atoms with van der Waals surface area (Å²) < 4.78 is 28.4. The average Bonchev–Trinajstić information content (AvgIpc) is 2.41. The van der Waals surface area contributed by atoms with Crippen LogP contribution in [0.5, 0.6) is 0 Å². The molecule has 0 saturated carbocycles. The van der Waals surface area contributed by atoms with Crippen molar-refractivity contribution in [2.75, 3.05) is 4.72 Å². The van der Waals surface area contributed by atoms with E-state index in [-0.39, 0.29) is 10.5 Å². The lowest BCUT2D eigenvalue weighted by molar-refractivity contribution is 0.0696. The molecule has 2 aromatic rings. The summed E-state index contributed by atoms with van der Waals surface area (Å²) in [5.41, 5.74) is 0.309. The number of halogens is 2. The lowest BCUT2D eigenvalue weighted by Gasteiger charge is -2.10. The smallest absolute Gasteiger partial charge is 0.335 e. The van der Waals surface area contributed by atoms with E-state index in [1.165, 1.54) is 12.1 Å². The first kappa shape index (κ1) is 16.2. The van der Waals surface area contributed by atoms with Crippen LogP contribution in [0.3, 0.4) is 0 Å². The van der Waals surface area contributed by atoms with E-state index in [4.69, 9.17) is 5.11 Å². The van der Waals surface area contributed by atoms with Crippen LogP contribution in [0.1, 0.15) is 10.4 Å². The molecule has 0 saturated heterocycles. The topological polar surface area (TPSA) is 83.5 Å². The van der Waals surface area contributed by atoms with Gasteiger partial charge in [0.15, 0.2) is 0 Å². The van der Waals surface area contributed by atoms with Crippen molar-refractivity contribution in [3.63, 3.8) is 0 Å². The van der Waals surface area contributed by atoms with Gasteiger partial charge in [0.05, 0.1) is 5.56 Å². The maximum atomic E-state index is 12.3. The molecule has 2 aromatic carbocycles. The van der Waals surface area contributed by atoms with E-state index >= 15 is 0 Å². The summed E-state index contributed by atoms with van der Waals surface area (Å²) in [5.74, 6) is -1.19. The van der Waals surface area contributed by atoms with Crippen molar-refractivity contribution in [3.8, 4) is 0 Å². The first-order chi connectivity index (χ1) is 9.79. The molecular formula is C13H9BrINO4S. The summed E-state index contributed by atoms with van der Waals surface area (Å²) in [7, 11) is -3.88. The van der Waals surface area contributed by atoms with Crippen molar-refractivity contribution in [1.29, 1.82) is 0 Å². The summed E-state index contributed by atoms with van der Waals surface area (Å²) in [5, 5.41) is 8.95. The van der Waals surface area contributed by atoms with Crippen molar-refractivity contribution >= 4 is 60.2 Å². The maximum Gasteiger partial charge on any atom is 0.335 e. The van der Waals surface area contributed by atoms with Gasteiger partial charge in [-0.25, -0.2) is 13.2 Å². The van der Waals surface area contributed by atoms with Gasteiger partial charge < -0.3 is 5.11 Å². The zero-order chi connectivity index (χ0) is 15.6. The second-order valence-corrected chi connectivity index (χ2v) is 7.81. The molecule has 0 aliphatic carbocycles. The maximum absolute atomic E-state index is 12.3. The lowest BCUT2D eigenvalue weighted by atomic mass is 10.2. The number of carboxylic acids is 1. The van der Waals surface area contributed by atoms with Gasteiger partial charge in [-0.3, -0.25) is 4.72 Å². The Labute approximate surface area is 143 Å². The predicted molar refractivity (Wildman–Crippen MR) is 91.1 cm³/mol. The summed E-state index contributed by atoms with van der Waals surface area (Å²) in [6, 6.07) is 10.6. The van der Waals surface area contributed by atoms with Crippen LogP contribution in [0.4, 0.5) is 5.69 Å². The second-order valence-electron chi connectivity index (χ2n) is 4.06. The molecule has 0 aromatic heterocycles. The van der Waals surface area contributed by atoms with Gasteiger partial charge >= 0.3 is 5.97 Å². The van der Waals surface area contributed by atoms with Crippen LogP contribution in [0.2, 0.25) is 0 Å². The van der Waals surface area contributed by atoms with Crippen LogP contribution in [0.25, 0.3) is 0 Å². The fourth-order valence-corrected chi connectivity index (χ4v) is 3.98. The Morgan fingerprint density at radius 3 is 2.33 bits per heavy atom. The first-order valence-corrected chi connectivity index (χ1v) is 8.96. The lowest BCUT2D eigenvalue weighted by Crippen LogP contribution is -2.14. The Morgan fingerprint density at radius 2 is 1.76 bits per heavy atom. The van der Waals surface area contributed by atoms with Crippen molar-refractivity contribution in [3.05, 3.63) is 56.1 Å². The van der Waals surface area contributed by atoms with E-state index in [9.17, 15) is 13.2 Å². The van der Waals surface area contributed by atoms with Gasteiger partial charge in [-0.15, -0.1) is 0 Å². The molecule has 0 unspecified atom stereocenters. The number of rotatable bonds is 4. The number of anilines is 1. The Morgan fingerprint density at radius 1 is 1.14 bits per heavy atom. The molecule has 0 amide bonds. The molecule has 2 rings (SSSR count). The molecule has 0 heterocycles. The van der Waals surface area contributed by atoms with Crippen LogP contribution in [-0.2, 0) is 10.0 Å². The highest BCUT2D eigenvalue weighted by atomic mass is 127. The summed E-state index contributed by atoms with van der Waals surface area (Å²) in [4.78, 5) is 10.8. The Hall–Kier alpha value is -1.13. The van der Waals surface area contributed by atoms with Gasteiger partial charge in [0.1, 0.15) is 4.90 Å². The molecule has 8 heteroatoms. The van der Waals surface area contributed by atoms with E-state index in [1.807, 2.05) is 0 Å². The quantitative estimate of drug-likeness (QED) is 0.654. The molecule has 0 bridgehead atoms. The number of carboxylic acid groups (broad SMARTS) is 1. The van der Waals surface area contributed by atoms with Gasteiger partial charge in [-0.1, -0.05) is 0 Å². The largest absolute Gasteiger partial charge is 0.478 e. The number of aromatic carboxylic acids is 1. The minimum Gasteiger partial charge on any atom is -0.478 e. The Bertz CT molecular complexity index is 790. The zero-order valence-corrected chi connectivity index (χ0v) is 14.9. The molecule has 0 aliphatic rings. The van der Waals surface area contributed by atoms with E-state index < -0.39 is 16.0 Å². The highest BCUT2D eigenvalue weighted by molar-refractivity contribution is 14.1. The van der Waals surface area contributed by atoms with Gasteiger partial charge in [0.25, 0.3) is 10.0 Å². The standard InChI is InChI=1S/C13H9BrINO4S/c14-11-6-1-8(13(17)18)7-12(11)21(19,20)16-10-4-2-9(15)3-5-10/h1-7,16H,(H,17,18). The molecule has 5 nitrogen and oxygen atoms in total. The van der Waals surface area contributed by atoms with E-state index in [2.05, 4.69) is 43.2 Å². The summed E-state index contributed by atoms with van der Waals surface area (Å²) in [6.45, 7) is 0. The third-order valence-corrected chi connectivity index (χ3v) is 5.66. The van der Waals surface area contributed by atoms with E-state index in [0.29, 0.717) is 10.2 Å². The molecular weight excluding hydrogens is 473 g/mol. The summed E-state index contributed by atoms with van der Waals surface area (Å²) >= 11 is 5.24. The highest BCUT2D eigenvalue weighted by Crippen LogP contribution is 2.25. The van der Waals surface area contributed by atoms with Gasteiger partial charge in [0.2, 0.25) is 0 Å². The van der Waals surface area contributed by atoms with Crippen molar-refractivity contribution < 1.29 is 18.3 Å². The minimum absolute atomic E-state index is 0.0961. The molecule has 21 heavy (non-hydrogen) atoms. The van der Waals surface area contributed by atoms with Gasteiger partial charge in [-0.2, -0.15) is 0 Å². The number of benzene rings is 2. The first-order valence-electron chi connectivity index (χ1n) is 5.61. The van der Waals surface area contributed by atoms with Crippen molar-refractivity contribution in [2.24, 2.45) is 0 Å². The predicted octanol–water partition coefficient (Wildman–Crippen LogP) is 3.55. The van der Waals surface area contributed by atoms with Crippen LogP contribution < -0.4 is 4.72 Å². The van der Waals surface area contributed by atoms with Crippen LogP contribution in [0, 0.1) is 3.57 Å². The molecule has 2 N–H and O–H groups in total. The Balaban J connectivity index is 2.41. The van der Waals surface area contributed by atoms with Crippen LogP contribution in [0.15, 0.2) is 51.8 Å². The highest BCUT2D eigenvalue weighted by Gasteiger charge is 2.20. The molecule has 0 atom stereocenters. The molecule has 0 spiro atoms. The third kappa shape index (κ3) is 3.95. The number of carbonyl (C=O) groups is 1. The number of sulfonamides is 1. The molecule has 0 radical (unpaired) electrons. The molecule has 0 aliphatic heterocycles. The van der Waals surface area contributed by atoms with Crippen LogP contribution >= 0.6 is 38.5 Å². The van der Waals surface area contributed by atoms with Gasteiger partial charge in [0, 0.05) is 13.7 Å². The summed E-state index contributed by atoms with van der Waals surface area (Å²) in [6.07, 6.45) is 0. The van der Waals surface area contributed by atoms with E-state index in [1.54, 1.807) is 24.3 Å². The molecule has 0 fully saturated rings. The fourth-order valence-electron chi connectivity index (χ4n) is 1.57. The monoisotopic (exact) mass is 481 g/mol. The number of hydrogen-bond acceptors (Lipinski definition) is 3. The van der Waals surface area contributed by atoms with E-state index in [0.717, 1.165) is 9.64 Å². The molecule has 110 valence electrons. The fraction of sp³-hybridized carbons (Fsp3) is 0. The number of nitrogens with one attached hydrogen (secondary N) is 1. The second kappa shape index (κ2) is 6.32. The Kier molecular flexibility index (Phi) is 4.89. The zero-order valence-electron chi connectivity index (χ0n) is 10.4. The van der Waals surface area contributed by atoms with Crippen molar-refractivity contribution in [2.45, 2.75) is 4.90 Å². The van der Waals surface area contributed by atoms with Crippen LogP contribution in [-0.4, -0.2) is 19.5 Å². The average molecular weight is 482 g/mol. The normalized spacial score (nSPS) is 11.1. The minimum atomic E-state index is -3.88. The number of hydrogen-bond donors (Lipinski definition) is 2. The van der Waals surface area contributed by atoms with Crippen molar-refractivity contribution in [1.82, 2.24) is 0 Å². The third-order valence-electron chi connectivity index (χ3n) is 2.56.